The lowest BCUT2D eigenvalue weighted by molar-refractivity contribution is 0.0893. The van der Waals surface area contributed by atoms with Crippen LogP contribution in [0.4, 0.5) is 0 Å². The topological polar surface area (TPSA) is 49.3 Å². The molecule has 23 heavy (non-hydrogen) atoms. The molecule has 0 aliphatic carbocycles. The quantitative estimate of drug-likeness (QED) is 0.747. The van der Waals surface area contributed by atoms with Crippen molar-refractivity contribution in [3.63, 3.8) is 0 Å². The Bertz CT molecular complexity index is 905. The van der Waals surface area contributed by atoms with Crippen molar-refractivity contribution in [3.8, 4) is 6.07 Å². The van der Waals surface area contributed by atoms with Crippen LogP contribution in [0.25, 0.3) is 5.52 Å². The van der Waals surface area contributed by atoms with Gasteiger partial charge in [0.15, 0.2) is 0 Å². The largest absolute Gasteiger partial charge is 0.322 e. The number of nitriles is 1. The van der Waals surface area contributed by atoms with E-state index in [0.29, 0.717) is 6.04 Å². The third-order valence-corrected chi connectivity index (χ3v) is 4.60. The van der Waals surface area contributed by atoms with Gasteiger partial charge in [0.1, 0.15) is 6.07 Å². The summed E-state index contributed by atoms with van der Waals surface area (Å²) in [4.78, 5) is 2.37. The zero-order chi connectivity index (χ0) is 16.0. The third-order valence-electron chi connectivity index (χ3n) is 4.60. The van der Waals surface area contributed by atoms with Gasteiger partial charge in [-0.05, 0) is 32.0 Å². The number of pyridine rings is 1. The van der Waals surface area contributed by atoms with E-state index in [4.69, 9.17) is 0 Å². The van der Waals surface area contributed by atoms with Crippen molar-refractivity contribution >= 4 is 5.52 Å². The zero-order valence-electron chi connectivity index (χ0n) is 13.4. The summed E-state index contributed by atoms with van der Waals surface area (Å²) in [5, 5.41) is 14.1. The van der Waals surface area contributed by atoms with E-state index in [0.717, 1.165) is 42.0 Å². The molecule has 0 N–H and O–H groups in total. The van der Waals surface area contributed by atoms with E-state index < -0.39 is 0 Å². The Kier molecular flexibility index (Phi) is 3.21. The second kappa shape index (κ2) is 5.25. The summed E-state index contributed by atoms with van der Waals surface area (Å²) in [6, 6.07) is 10.9. The first kappa shape index (κ1) is 14.0. The minimum Gasteiger partial charge on any atom is -0.322 e. The molecule has 0 aromatic carbocycles. The number of fused-ring (bicyclic) bond motifs is 1. The van der Waals surface area contributed by atoms with Gasteiger partial charge in [-0.25, -0.2) is 0 Å². The summed E-state index contributed by atoms with van der Waals surface area (Å²) >= 11 is 0. The molecule has 0 saturated carbocycles. The van der Waals surface area contributed by atoms with Gasteiger partial charge in [-0.2, -0.15) is 10.4 Å². The number of nitrogens with zero attached hydrogens (tertiary/aromatic N) is 5. The average molecular weight is 305 g/mol. The number of hydrogen-bond acceptors (Lipinski definition) is 3. The Hall–Kier alpha value is -2.58. The normalized spacial score (nSPS) is 15.7. The van der Waals surface area contributed by atoms with Crippen LogP contribution in [0.3, 0.4) is 0 Å². The highest BCUT2D eigenvalue weighted by Crippen LogP contribution is 2.27. The summed E-state index contributed by atoms with van der Waals surface area (Å²) in [5.74, 6) is 0. The highest BCUT2D eigenvalue weighted by Gasteiger charge is 2.30. The Labute approximate surface area is 135 Å². The van der Waals surface area contributed by atoms with Crippen molar-refractivity contribution in [1.29, 1.82) is 5.26 Å². The van der Waals surface area contributed by atoms with Gasteiger partial charge in [0.2, 0.25) is 0 Å². The van der Waals surface area contributed by atoms with Gasteiger partial charge in [-0.1, -0.05) is 6.07 Å². The van der Waals surface area contributed by atoms with Crippen LogP contribution in [-0.4, -0.2) is 32.2 Å². The van der Waals surface area contributed by atoms with E-state index in [2.05, 4.69) is 39.9 Å². The van der Waals surface area contributed by atoms with Gasteiger partial charge in [0.05, 0.1) is 22.8 Å². The number of rotatable bonds is 3. The van der Waals surface area contributed by atoms with E-state index in [1.807, 2.05) is 35.7 Å². The molecule has 0 atom stereocenters. The second-order valence-corrected chi connectivity index (χ2v) is 6.35. The first-order valence-electron chi connectivity index (χ1n) is 7.89. The predicted octanol–water partition coefficient (Wildman–Crippen LogP) is 2.68. The monoisotopic (exact) mass is 305 g/mol. The summed E-state index contributed by atoms with van der Waals surface area (Å²) in [7, 11) is 0. The van der Waals surface area contributed by atoms with E-state index >= 15 is 0 Å². The Balaban J connectivity index is 1.51. The zero-order valence-corrected chi connectivity index (χ0v) is 13.4. The summed E-state index contributed by atoms with van der Waals surface area (Å²) in [6.07, 6.45) is 4.07. The molecule has 1 saturated heterocycles. The van der Waals surface area contributed by atoms with Gasteiger partial charge in [0.25, 0.3) is 0 Å². The lowest BCUT2D eigenvalue weighted by Gasteiger charge is -2.39. The van der Waals surface area contributed by atoms with Gasteiger partial charge in [-0.15, -0.1) is 0 Å². The van der Waals surface area contributed by atoms with Crippen molar-refractivity contribution in [2.45, 2.75) is 26.4 Å². The number of aromatic nitrogens is 3. The van der Waals surface area contributed by atoms with E-state index in [9.17, 15) is 5.26 Å². The smallest absolute Gasteiger partial charge is 0.102 e. The average Bonchev–Trinajstić information content (AvgIpc) is 3.01. The van der Waals surface area contributed by atoms with Gasteiger partial charge in [-0.3, -0.25) is 9.58 Å². The molecular formula is C18H19N5. The molecule has 4 heterocycles. The molecule has 1 aliphatic rings. The Morgan fingerprint density at radius 1 is 1.30 bits per heavy atom. The van der Waals surface area contributed by atoms with Crippen LogP contribution in [0.5, 0.6) is 0 Å². The number of hydrogen-bond donors (Lipinski definition) is 0. The Morgan fingerprint density at radius 3 is 2.83 bits per heavy atom. The number of aryl methyl sites for hydroxylation is 2. The van der Waals surface area contributed by atoms with Crippen LogP contribution in [0.2, 0.25) is 0 Å². The van der Waals surface area contributed by atoms with Crippen LogP contribution >= 0.6 is 0 Å². The van der Waals surface area contributed by atoms with Crippen LogP contribution in [0.15, 0.2) is 36.7 Å². The molecule has 0 unspecified atom stereocenters. The van der Waals surface area contributed by atoms with Crippen LogP contribution in [0.1, 0.15) is 28.6 Å². The fraction of sp³-hybridized carbons (Fsp3) is 0.333. The predicted molar refractivity (Wildman–Crippen MR) is 88.1 cm³/mol. The maximum Gasteiger partial charge on any atom is 0.102 e. The van der Waals surface area contributed by atoms with E-state index in [1.165, 1.54) is 5.69 Å². The molecule has 1 fully saturated rings. The minimum atomic E-state index is 0.450. The molecule has 5 heteroatoms. The maximum absolute atomic E-state index is 9.48. The SMILES string of the molecule is Cc1cc(C)n(C2CN(Cc3cn4ccccc4c3C#N)C2)n1. The van der Waals surface area contributed by atoms with Crippen LogP contribution < -0.4 is 0 Å². The molecule has 0 bridgehead atoms. The van der Waals surface area contributed by atoms with Gasteiger partial charge >= 0.3 is 0 Å². The lowest BCUT2D eigenvalue weighted by Crippen LogP contribution is -2.47. The number of likely N-dealkylation sites (tertiary alicyclic amines) is 1. The summed E-state index contributed by atoms with van der Waals surface area (Å²) in [6.45, 7) is 6.93. The van der Waals surface area contributed by atoms with Crippen molar-refractivity contribution in [1.82, 2.24) is 19.1 Å². The first-order chi connectivity index (χ1) is 11.2. The molecule has 3 aromatic heterocycles. The first-order valence-corrected chi connectivity index (χ1v) is 7.89. The van der Waals surface area contributed by atoms with Crippen LogP contribution in [-0.2, 0) is 6.54 Å². The highest BCUT2D eigenvalue weighted by molar-refractivity contribution is 5.65. The maximum atomic E-state index is 9.48. The molecule has 1 aliphatic heterocycles. The molecule has 5 nitrogen and oxygen atoms in total. The molecular weight excluding hydrogens is 286 g/mol. The van der Waals surface area contributed by atoms with Crippen molar-refractivity contribution in [2.24, 2.45) is 0 Å². The molecule has 116 valence electrons. The highest BCUT2D eigenvalue weighted by atomic mass is 15.4. The van der Waals surface area contributed by atoms with Crippen LogP contribution in [0, 0.1) is 25.2 Å². The lowest BCUT2D eigenvalue weighted by atomic mass is 10.1. The minimum absolute atomic E-state index is 0.450. The second-order valence-electron chi connectivity index (χ2n) is 6.35. The van der Waals surface area contributed by atoms with Crippen molar-refractivity contribution < 1.29 is 0 Å². The molecule has 4 rings (SSSR count). The standard InChI is InChI=1S/C18H19N5/c1-13-7-14(2)23(20-13)16-11-21(12-16)9-15-10-22-6-4-3-5-18(22)17(15)8-19/h3-7,10,16H,9,11-12H2,1-2H3. The third kappa shape index (κ3) is 2.32. The molecule has 0 spiro atoms. The van der Waals surface area contributed by atoms with E-state index in [1.54, 1.807) is 0 Å². The fourth-order valence-corrected chi connectivity index (χ4v) is 3.51. The van der Waals surface area contributed by atoms with Gasteiger partial charge < -0.3 is 4.40 Å². The van der Waals surface area contributed by atoms with E-state index in [-0.39, 0.29) is 0 Å². The molecule has 0 amide bonds. The summed E-state index contributed by atoms with van der Waals surface area (Å²) < 4.78 is 4.17. The molecule has 0 radical (unpaired) electrons. The molecule has 3 aromatic rings. The van der Waals surface area contributed by atoms with Crippen molar-refractivity contribution in [3.05, 3.63) is 59.2 Å². The van der Waals surface area contributed by atoms with Gasteiger partial charge in [0, 0.05) is 43.3 Å². The van der Waals surface area contributed by atoms with Crippen molar-refractivity contribution in [2.75, 3.05) is 13.1 Å². The fourth-order valence-electron chi connectivity index (χ4n) is 3.51. The Morgan fingerprint density at radius 2 is 2.13 bits per heavy atom. The summed E-state index contributed by atoms with van der Waals surface area (Å²) in [5.41, 5.74) is 5.18.